The van der Waals surface area contributed by atoms with Gasteiger partial charge in [-0.15, -0.1) is 0 Å². The lowest BCUT2D eigenvalue weighted by atomic mass is 9.95. The minimum absolute atomic E-state index is 0.0366. The summed E-state index contributed by atoms with van der Waals surface area (Å²) in [7, 11) is 0. The molecular weight excluding hydrogens is 979 g/mol. The summed E-state index contributed by atoms with van der Waals surface area (Å²) < 4.78 is 39.8. The van der Waals surface area contributed by atoms with Crippen molar-refractivity contribution >= 4 is 41.3 Å². The maximum Gasteiger partial charge on any atom is 0.315 e. The molecule has 1 aromatic carbocycles. The van der Waals surface area contributed by atoms with Crippen molar-refractivity contribution in [1.29, 1.82) is 0 Å². The number of urea groups is 1. The number of carbonyl (C=O) groups is 5. The summed E-state index contributed by atoms with van der Waals surface area (Å²) in [6, 6.07) is 5.13. The molecule has 5 heterocycles. The number of Topliss-reactive ketones (excluding diaryl/α,β-unsaturated/α-hetero) is 1. The zero-order valence-corrected chi connectivity index (χ0v) is 40.5. The van der Waals surface area contributed by atoms with Gasteiger partial charge in [0, 0.05) is 56.0 Å². The Kier molecular flexibility index (Phi) is 22.0. The molecule has 5 aliphatic heterocycles. The number of hydrogen-bond donors (Lipinski definition) is 14. The molecule has 26 nitrogen and oxygen atoms in total. The molecule has 0 saturated carbocycles. The number of ether oxygens (including phenoxy) is 7. The fourth-order valence-corrected chi connectivity index (χ4v) is 10.6. The van der Waals surface area contributed by atoms with E-state index in [1.54, 1.807) is 18.2 Å². The van der Waals surface area contributed by atoms with Gasteiger partial charge in [-0.25, -0.2) is 4.79 Å². The lowest BCUT2D eigenvalue weighted by molar-refractivity contribution is -0.376. The number of thioether (sulfide) groups is 1. The third-order valence-corrected chi connectivity index (χ3v) is 14.4. The number of hydrogen-bond acceptors (Lipinski definition) is 22. The van der Waals surface area contributed by atoms with E-state index in [4.69, 9.17) is 33.2 Å². The van der Waals surface area contributed by atoms with E-state index >= 15 is 0 Å². The summed E-state index contributed by atoms with van der Waals surface area (Å²) in [6.07, 6.45) is -20.1. The smallest absolute Gasteiger partial charge is 0.315 e. The number of benzene rings is 1. The van der Waals surface area contributed by atoms with Crippen LogP contribution in [-0.2, 0) is 42.8 Å². The highest BCUT2D eigenvalue weighted by atomic mass is 32.2. The molecule has 0 bridgehead atoms. The maximum atomic E-state index is 12.8. The lowest BCUT2D eigenvalue weighted by Gasteiger charge is -2.48. The fraction of sp³-hybridized carbons (Fsp3) is 0.756. The Morgan fingerprint density at radius 2 is 1.40 bits per heavy atom. The molecule has 18 atom stereocenters. The minimum atomic E-state index is -1.97. The zero-order valence-electron chi connectivity index (χ0n) is 39.6. The standard InChI is InChI=1S/C45H69N5O21S/c1-21(54)48-32-35(59)39(70-44-38(62)40(34(58)27(17-52)68-44)71-43-37(61)36(60)33(57)26(16-51)67-43)28(18-53)69-42(32)65-14-5-4-8-23(55)19-66-24-9-6-7-22(15-24)41(63)47-13-12-46-30(56)11-3-2-10-29-31-25(20-72-29)49-45(64)50-31/h6-7,9,15,25-29,31-40,42-44,51-53,57-62H,2-5,8,10-14,16-20H2,1H3,(H,46,56)(H,47,63)(H,48,54)(H2,49,50,64)/t25-,26?,27?,28?,29-,31-,32?,33-,34-,35+,36?,37-,38?,39+,40-,42+,43+,44-/m0/s1. The van der Waals surface area contributed by atoms with Gasteiger partial charge in [-0.2, -0.15) is 11.8 Å². The Morgan fingerprint density at radius 1 is 0.736 bits per heavy atom. The van der Waals surface area contributed by atoms with Crippen molar-refractivity contribution in [2.75, 3.05) is 51.9 Å². The van der Waals surface area contributed by atoms with Crippen LogP contribution in [0.25, 0.3) is 0 Å². The Hall–Kier alpha value is -3.88. The van der Waals surface area contributed by atoms with Crippen molar-refractivity contribution in [2.24, 2.45) is 0 Å². The van der Waals surface area contributed by atoms with E-state index in [9.17, 15) is 69.9 Å². The van der Waals surface area contributed by atoms with Crippen LogP contribution < -0.4 is 31.3 Å². The predicted octanol–water partition coefficient (Wildman–Crippen LogP) is -5.01. The molecule has 406 valence electrons. The van der Waals surface area contributed by atoms with Crippen molar-refractivity contribution in [1.82, 2.24) is 26.6 Å². The number of ketones is 1. The molecule has 5 aliphatic rings. The molecule has 5 fully saturated rings. The predicted molar refractivity (Wildman–Crippen MR) is 247 cm³/mol. The van der Waals surface area contributed by atoms with Gasteiger partial charge in [-0.3, -0.25) is 19.2 Å². The molecule has 0 aromatic heterocycles. The molecule has 1 aromatic rings. The highest BCUT2D eigenvalue weighted by Gasteiger charge is 2.54. The molecule has 0 radical (unpaired) electrons. The van der Waals surface area contributed by atoms with Crippen LogP contribution in [0.3, 0.4) is 0 Å². The summed E-state index contributed by atoms with van der Waals surface area (Å²) >= 11 is 1.83. The fourth-order valence-electron chi connectivity index (χ4n) is 9.01. The van der Waals surface area contributed by atoms with Gasteiger partial charge < -0.3 is 106 Å². The Balaban J connectivity index is 0.892. The van der Waals surface area contributed by atoms with Crippen molar-refractivity contribution in [2.45, 2.75) is 161 Å². The van der Waals surface area contributed by atoms with Crippen LogP contribution >= 0.6 is 11.8 Å². The van der Waals surface area contributed by atoms with E-state index in [-0.39, 0.29) is 62.5 Å². The molecule has 14 N–H and O–H groups in total. The lowest BCUT2D eigenvalue weighted by Crippen LogP contribution is -2.68. The summed E-state index contributed by atoms with van der Waals surface area (Å²) in [6.45, 7) is -1.16. The average Bonchev–Trinajstić information content (AvgIpc) is 3.93. The number of amides is 5. The van der Waals surface area contributed by atoms with E-state index in [1.165, 1.54) is 6.07 Å². The van der Waals surface area contributed by atoms with E-state index in [1.807, 2.05) is 11.8 Å². The van der Waals surface area contributed by atoms with Crippen LogP contribution in [0.1, 0.15) is 62.2 Å². The first kappa shape index (κ1) is 57.4. The molecule has 5 amide bonds. The van der Waals surface area contributed by atoms with Crippen LogP contribution in [0, 0.1) is 0 Å². The second kappa shape index (κ2) is 27.6. The minimum Gasteiger partial charge on any atom is -0.486 e. The third kappa shape index (κ3) is 15.1. The van der Waals surface area contributed by atoms with Gasteiger partial charge >= 0.3 is 6.03 Å². The van der Waals surface area contributed by atoms with Crippen molar-refractivity contribution in [3.63, 3.8) is 0 Å². The molecule has 27 heteroatoms. The number of unbranched alkanes of at least 4 members (excludes halogenated alkanes) is 2. The Labute approximate surface area is 418 Å². The summed E-state index contributed by atoms with van der Waals surface area (Å²) in [5.74, 6) is -0.198. The highest BCUT2D eigenvalue weighted by Crippen LogP contribution is 2.35. The van der Waals surface area contributed by atoms with Crippen LogP contribution in [0.15, 0.2) is 24.3 Å². The molecule has 6 unspecified atom stereocenters. The zero-order chi connectivity index (χ0) is 52.1. The topological polar surface area (TPSA) is 392 Å². The average molecular weight is 1050 g/mol. The van der Waals surface area contributed by atoms with E-state index in [0.29, 0.717) is 42.2 Å². The van der Waals surface area contributed by atoms with Crippen molar-refractivity contribution < 1.29 is 103 Å². The normalized spacial score (nSPS) is 35.4. The molecule has 0 aliphatic carbocycles. The van der Waals surface area contributed by atoms with Crippen LogP contribution in [0.4, 0.5) is 4.79 Å². The summed E-state index contributed by atoms with van der Waals surface area (Å²) in [5.41, 5.74) is 0.293. The number of fused-ring (bicyclic) bond motifs is 1. The second-order valence-electron chi connectivity index (χ2n) is 18.2. The quantitative estimate of drug-likeness (QED) is 0.0305. The van der Waals surface area contributed by atoms with Gasteiger partial charge in [0.2, 0.25) is 11.8 Å². The van der Waals surface area contributed by atoms with E-state index in [2.05, 4.69) is 26.6 Å². The number of carbonyl (C=O) groups excluding carboxylic acids is 5. The van der Waals surface area contributed by atoms with Crippen LogP contribution in [-0.4, -0.2) is 237 Å². The number of aliphatic hydroxyl groups is 9. The highest BCUT2D eigenvalue weighted by molar-refractivity contribution is 8.00. The number of rotatable bonds is 26. The van der Waals surface area contributed by atoms with Crippen LogP contribution in [0.2, 0.25) is 0 Å². The first-order valence-corrected chi connectivity index (χ1v) is 25.1. The van der Waals surface area contributed by atoms with Gasteiger partial charge in [-0.1, -0.05) is 12.5 Å². The number of aliphatic hydroxyl groups excluding tert-OH is 9. The Morgan fingerprint density at radius 3 is 2.12 bits per heavy atom. The van der Waals surface area contributed by atoms with Gasteiger partial charge in [0.1, 0.15) is 85.5 Å². The van der Waals surface area contributed by atoms with Gasteiger partial charge in [-0.05, 0) is 43.9 Å². The molecule has 5 saturated heterocycles. The SMILES string of the molecule is CC(=O)NC1[C@H](OCCCCC(=O)COc2cccc(C(=O)NCCNC(=O)CCCC[C@@H]3SC[C@@H]4NC(=O)N[C@@H]43)c2)OC(CO)[C@@H](O[C@@H]2OC(CO)[C@H](O)[C@H](O[C@H]3OC(CO)[C@H](O)C(O)[C@@H]3O)C2O)[C@@H]1O. The summed E-state index contributed by atoms with van der Waals surface area (Å²) in [5, 5.41) is 109. The number of nitrogens with one attached hydrogen (secondary N) is 5. The van der Waals surface area contributed by atoms with Gasteiger partial charge in [0.15, 0.2) is 24.7 Å². The van der Waals surface area contributed by atoms with Crippen molar-refractivity contribution in [3.8, 4) is 5.75 Å². The van der Waals surface area contributed by atoms with E-state index in [0.717, 1.165) is 25.5 Å². The molecule has 6 rings (SSSR count). The first-order chi connectivity index (χ1) is 34.5. The second-order valence-corrected chi connectivity index (χ2v) is 19.5. The largest absolute Gasteiger partial charge is 0.486 e. The monoisotopic (exact) mass is 1050 g/mol. The van der Waals surface area contributed by atoms with Crippen LogP contribution in [0.5, 0.6) is 5.75 Å². The maximum absolute atomic E-state index is 12.8. The molecule has 0 spiro atoms. The van der Waals surface area contributed by atoms with Gasteiger partial charge in [0.25, 0.3) is 5.91 Å². The van der Waals surface area contributed by atoms with Crippen molar-refractivity contribution in [3.05, 3.63) is 29.8 Å². The molecule has 72 heavy (non-hydrogen) atoms. The molecular formula is C45H69N5O21S. The first-order valence-electron chi connectivity index (χ1n) is 24.1. The third-order valence-electron chi connectivity index (χ3n) is 12.9. The summed E-state index contributed by atoms with van der Waals surface area (Å²) in [4.78, 5) is 61.7. The van der Waals surface area contributed by atoms with E-state index < -0.39 is 124 Å². The van der Waals surface area contributed by atoms with Gasteiger partial charge in [0.05, 0.1) is 31.9 Å². The Bertz CT molecular complexity index is 1940.